The highest BCUT2D eigenvalue weighted by molar-refractivity contribution is 5.24. The lowest BCUT2D eigenvalue weighted by molar-refractivity contribution is 0.763. The average molecular weight is 174 g/mol. The van der Waals surface area contributed by atoms with E-state index in [9.17, 15) is 0 Å². The van der Waals surface area contributed by atoms with E-state index in [2.05, 4.69) is 15.3 Å². The van der Waals surface area contributed by atoms with Gasteiger partial charge in [0.05, 0.1) is 11.4 Å². The van der Waals surface area contributed by atoms with Crippen molar-refractivity contribution in [3.8, 4) is 5.82 Å². The van der Waals surface area contributed by atoms with Crippen LogP contribution in [0.3, 0.4) is 0 Å². The van der Waals surface area contributed by atoms with Gasteiger partial charge in [-0.15, -0.1) is 5.10 Å². The molecule has 0 bridgehead atoms. The summed E-state index contributed by atoms with van der Waals surface area (Å²) in [6.45, 7) is 3.91. The van der Waals surface area contributed by atoms with E-state index in [0.29, 0.717) is 0 Å². The van der Waals surface area contributed by atoms with Crippen molar-refractivity contribution in [2.24, 2.45) is 0 Å². The molecular formula is C9H10N4. The fourth-order valence-corrected chi connectivity index (χ4v) is 1.10. The Balaban J connectivity index is 2.53. The van der Waals surface area contributed by atoms with Gasteiger partial charge in [-0.05, 0) is 26.0 Å². The molecule has 2 aromatic rings. The minimum Gasteiger partial charge on any atom is -0.237 e. The summed E-state index contributed by atoms with van der Waals surface area (Å²) in [5.74, 6) is 0.806. The molecule has 0 aliphatic carbocycles. The van der Waals surface area contributed by atoms with Crippen LogP contribution in [0.15, 0.2) is 24.4 Å². The number of hydrogen-bond donors (Lipinski definition) is 0. The van der Waals surface area contributed by atoms with Crippen molar-refractivity contribution in [1.29, 1.82) is 0 Å². The third-order valence-corrected chi connectivity index (χ3v) is 1.99. The van der Waals surface area contributed by atoms with E-state index in [1.807, 2.05) is 32.0 Å². The maximum absolute atomic E-state index is 4.18. The molecule has 0 unspecified atom stereocenters. The quantitative estimate of drug-likeness (QED) is 0.654. The number of nitrogens with zero attached hydrogens (tertiary/aromatic N) is 4. The lowest BCUT2D eigenvalue weighted by Crippen LogP contribution is -2.01. The van der Waals surface area contributed by atoms with Crippen LogP contribution in [-0.2, 0) is 0 Å². The second-order valence-corrected chi connectivity index (χ2v) is 2.86. The molecule has 0 saturated carbocycles. The van der Waals surface area contributed by atoms with Crippen molar-refractivity contribution in [2.75, 3.05) is 0 Å². The van der Waals surface area contributed by atoms with E-state index >= 15 is 0 Å². The molecule has 13 heavy (non-hydrogen) atoms. The van der Waals surface area contributed by atoms with Crippen molar-refractivity contribution in [2.45, 2.75) is 13.8 Å². The SMILES string of the molecule is Cc1nnn(-c2ccccn2)c1C. The van der Waals surface area contributed by atoms with Gasteiger partial charge in [-0.1, -0.05) is 11.3 Å². The molecule has 4 nitrogen and oxygen atoms in total. The van der Waals surface area contributed by atoms with Crippen molar-refractivity contribution >= 4 is 0 Å². The van der Waals surface area contributed by atoms with Crippen LogP contribution in [0, 0.1) is 13.8 Å². The van der Waals surface area contributed by atoms with Crippen molar-refractivity contribution in [1.82, 2.24) is 20.0 Å². The van der Waals surface area contributed by atoms with E-state index < -0.39 is 0 Å². The zero-order chi connectivity index (χ0) is 9.26. The van der Waals surface area contributed by atoms with E-state index in [1.54, 1.807) is 10.9 Å². The number of aryl methyl sites for hydroxylation is 1. The van der Waals surface area contributed by atoms with Crippen LogP contribution in [-0.4, -0.2) is 20.0 Å². The number of hydrogen-bond acceptors (Lipinski definition) is 3. The Kier molecular flexibility index (Phi) is 1.81. The largest absolute Gasteiger partial charge is 0.237 e. The summed E-state index contributed by atoms with van der Waals surface area (Å²) in [7, 11) is 0. The van der Waals surface area contributed by atoms with Crippen LogP contribution in [0.1, 0.15) is 11.4 Å². The van der Waals surface area contributed by atoms with Gasteiger partial charge in [0, 0.05) is 6.20 Å². The number of aromatic nitrogens is 4. The molecule has 0 radical (unpaired) electrons. The van der Waals surface area contributed by atoms with Crippen molar-refractivity contribution in [3.63, 3.8) is 0 Å². The summed E-state index contributed by atoms with van der Waals surface area (Å²) in [4.78, 5) is 4.18. The zero-order valence-electron chi connectivity index (χ0n) is 7.60. The normalized spacial score (nSPS) is 10.3. The van der Waals surface area contributed by atoms with Crippen LogP contribution < -0.4 is 0 Å². The molecule has 0 spiro atoms. The second kappa shape index (κ2) is 2.97. The highest BCUT2D eigenvalue weighted by Gasteiger charge is 2.05. The third kappa shape index (κ3) is 1.30. The van der Waals surface area contributed by atoms with Crippen LogP contribution in [0.4, 0.5) is 0 Å². The summed E-state index contributed by atoms with van der Waals surface area (Å²) < 4.78 is 1.73. The molecule has 0 fully saturated rings. The minimum atomic E-state index is 0.806. The number of rotatable bonds is 1. The summed E-state index contributed by atoms with van der Waals surface area (Å²) in [5.41, 5.74) is 1.96. The van der Waals surface area contributed by atoms with Crippen LogP contribution >= 0.6 is 0 Å². The molecular weight excluding hydrogens is 164 g/mol. The Morgan fingerprint density at radius 3 is 2.62 bits per heavy atom. The molecule has 0 atom stereocenters. The van der Waals surface area contributed by atoms with E-state index in [4.69, 9.17) is 0 Å². The average Bonchev–Trinajstić information content (AvgIpc) is 2.49. The highest BCUT2D eigenvalue weighted by Crippen LogP contribution is 2.07. The van der Waals surface area contributed by atoms with Gasteiger partial charge in [-0.2, -0.15) is 4.68 Å². The topological polar surface area (TPSA) is 43.6 Å². The Hall–Kier alpha value is -1.71. The first kappa shape index (κ1) is 7.91. The molecule has 4 heteroatoms. The van der Waals surface area contributed by atoms with Gasteiger partial charge in [-0.3, -0.25) is 0 Å². The van der Waals surface area contributed by atoms with Gasteiger partial charge in [0.1, 0.15) is 0 Å². The predicted molar refractivity (Wildman–Crippen MR) is 48.6 cm³/mol. The lowest BCUT2D eigenvalue weighted by atomic mass is 10.4. The summed E-state index contributed by atoms with van der Waals surface area (Å²) in [5, 5.41) is 7.96. The Morgan fingerprint density at radius 2 is 2.08 bits per heavy atom. The molecule has 0 aliphatic rings. The maximum atomic E-state index is 4.18. The number of pyridine rings is 1. The molecule has 2 aromatic heterocycles. The summed E-state index contributed by atoms with van der Waals surface area (Å²) in [6.07, 6.45) is 1.74. The minimum absolute atomic E-state index is 0.806. The van der Waals surface area contributed by atoms with Crippen LogP contribution in [0.5, 0.6) is 0 Å². The lowest BCUT2D eigenvalue weighted by Gasteiger charge is -1.99. The molecule has 0 aliphatic heterocycles. The van der Waals surface area contributed by atoms with Gasteiger partial charge in [-0.25, -0.2) is 4.98 Å². The van der Waals surface area contributed by atoms with Gasteiger partial charge in [0.2, 0.25) is 0 Å². The van der Waals surface area contributed by atoms with Gasteiger partial charge in [0.25, 0.3) is 0 Å². The molecule has 2 rings (SSSR count). The van der Waals surface area contributed by atoms with Crippen LogP contribution in [0.2, 0.25) is 0 Å². The van der Waals surface area contributed by atoms with Crippen LogP contribution in [0.25, 0.3) is 5.82 Å². The van der Waals surface area contributed by atoms with Crippen molar-refractivity contribution in [3.05, 3.63) is 35.8 Å². The first-order valence-electron chi connectivity index (χ1n) is 4.09. The fourth-order valence-electron chi connectivity index (χ4n) is 1.10. The first-order valence-corrected chi connectivity index (χ1v) is 4.09. The van der Waals surface area contributed by atoms with E-state index in [-0.39, 0.29) is 0 Å². The second-order valence-electron chi connectivity index (χ2n) is 2.86. The Bertz CT molecular complexity index is 405. The standard InChI is InChI=1S/C9H10N4/c1-7-8(2)13(12-11-7)9-5-3-4-6-10-9/h3-6H,1-2H3. The third-order valence-electron chi connectivity index (χ3n) is 1.99. The molecule has 0 N–H and O–H groups in total. The molecule has 2 heterocycles. The Labute approximate surface area is 76.2 Å². The van der Waals surface area contributed by atoms with E-state index in [0.717, 1.165) is 17.2 Å². The van der Waals surface area contributed by atoms with Gasteiger partial charge < -0.3 is 0 Å². The highest BCUT2D eigenvalue weighted by atomic mass is 15.4. The molecule has 0 amide bonds. The first-order chi connectivity index (χ1) is 6.29. The molecule has 0 aromatic carbocycles. The van der Waals surface area contributed by atoms with E-state index in [1.165, 1.54) is 0 Å². The predicted octanol–water partition coefficient (Wildman–Crippen LogP) is 1.28. The molecule has 66 valence electrons. The zero-order valence-corrected chi connectivity index (χ0v) is 7.60. The smallest absolute Gasteiger partial charge is 0.155 e. The van der Waals surface area contributed by atoms with Gasteiger partial charge >= 0.3 is 0 Å². The summed E-state index contributed by atoms with van der Waals surface area (Å²) >= 11 is 0. The maximum Gasteiger partial charge on any atom is 0.155 e. The fraction of sp³-hybridized carbons (Fsp3) is 0.222. The monoisotopic (exact) mass is 174 g/mol. The summed E-state index contributed by atoms with van der Waals surface area (Å²) in [6, 6.07) is 5.71. The van der Waals surface area contributed by atoms with Crippen molar-refractivity contribution < 1.29 is 0 Å². The van der Waals surface area contributed by atoms with Gasteiger partial charge in [0.15, 0.2) is 5.82 Å². The Morgan fingerprint density at radius 1 is 1.23 bits per heavy atom. The molecule has 0 saturated heterocycles.